The number of hydrogen-bond donors (Lipinski definition) is 2. The highest BCUT2D eigenvalue weighted by Gasteiger charge is 2.32. The van der Waals surface area contributed by atoms with E-state index in [0.717, 1.165) is 37.3 Å². The van der Waals surface area contributed by atoms with Crippen LogP contribution >= 0.6 is 0 Å². The lowest BCUT2D eigenvalue weighted by Crippen LogP contribution is -2.52. The highest BCUT2D eigenvalue weighted by molar-refractivity contribution is 5.82. The second-order valence-corrected chi connectivity index (χ2v) is 6.77. The number of amides is 1. The number of H-pyrrole nitrogens is 1. The summed E-state index contributed by atoms with van der Waals surface area (Å²) < 4.78 is 0. The molecule has 0 unspecified atom stereocenters. The van der Waals surface area contributed by atoms with Gasteiger partial charge in [-0.05, 0) is 38.8 Å². The van der Waals surface area contributed by atoms with E-state index < -0.39 is 0 Å². The smallest absolute Gasteiger partial charge is 0.237 e. The molecule has 2 aromatic rings. The molecule has 0 bridgehead atoms. The molecule has 3 rings (SSSR count). The van der Waals surface area contributed by atoms with Crippen LogP contribution in [0.1, 0.15) is 37.2 Å². The summed E-state index contributed by atoms with van der Waals surface area (Å²) >= 11 is 0. The number of fused-ring (bicyclic) bond motifs is 1. The SMILES string of the molecule is CC(C)NC(=O)[C@@H]1Cc2nc[nH]c2CN1CCCc1ccccc1. The molecule has 1 aromatic heterocycles. The summed E-state index contributed by atoms with van der Waals surface area (Å²) in [7, 11) is 0. The van der Waals surface area contributed by atoms with Gasteiger partial charge < -0.3 is 10.3 Å². The maximum absolute atomic E-state index is 12.6. The first kappa shape index (κ1) is 16.7. The zero-order valence-electron chi connectivity index (χ0n) is 14.5. The lowest BCUT2D eigenvalue weighted by atomic mass is 10.0. The Balaban J connectivity index is 1.64. The van der Waals surface area contributed by atoms with E-state index in [-0.39, 0.29) is 18.0 Å². The first-order valence-electron chi connectivity index (χ1n) is 8.73. The standard InChI is InChI=1S/C19H26N4O/c1-14(2)22-19(24)18-11-16-17(21-13-20-16)12-23(18)10-6-9-15-7-4-3-5-8-15/h3-5,7-8,13-14,18H,6,9-12H2,1-2H3,(H,20,21)(H,22,24)/t18-/m0/s1. The summed E-state index contributed by atoms with van der Waals surface area (Å²) in [6.07, 6.45) is 4.49. The molecule has 1 aliphatic heterocycles. The van der Waals surface area contributed by atoms with Gasteiger partial charge in [-0.3, -0.25) is 9.69 Å². The summed E-state index contributed by atoms with van der Waals surface area (Å²) in [6.45, 7) is 5.67. The number of nitrogens with zero attached hydrogens (tertiary/aromatic N) is 2. The maximum atomic E-state index is 12.6. The molecule has 0 spiro atoms. The first-order valence-corrected chi connectivity index (χ1v) is 8.73. The maximum Gasteiger partial charge on any atom is 0.237 e. The van der Waals surface area contributed by atoms with E-state index in [1.54, 1.807) is 6.33 Å². The second kappa shape index (κ2) is 7.62. The van der Waals surface area contributed by atoms with Gasteiger partial charge in [-0.1, -0.05) is 30.3 Å². The van der Waals surface area contributed by atoms with Crippen LogP contribution in [-0.2, 0) is 24.2 Å². The van der Waals surface area contributed by atoms with Gasteiger partial charge in [0, 0.05) is 19.0 Å². The molecule has 2 heterocycles. The zero-order chi connectivity index (χ0) is 16.9. The lowest BCUT2D eigenvalue weighted by molar-refractivity contribution is -0.127. The van der Waals surface area contributed by atoms with Crippen molar-refractivity contribution in [2.75, 3.05) is 6.54 Å². The number of aromatic nitrogens is 2. The Labute approximate surface area is 143 Å². The number of carbonyl (C=O) groups excluding carboxylic acids is 1. The van der Waals surface area contributed by atoms with E-state index in [9.17, 15) is 4.79 Å². The molecule has 0 aliphatic carbocycles. The Hall–Kier alpha value is -2.14. The summed E-state index contributed by atoms with van der Waals surface area (Å²) in [5.41, 5.74) is 3.52. The molecular formula is C19H26N4O. The minimum atomic E-state index is -0.126. The molecule has 5 heteroatoms. The van der Waals surface area contributed by atoms with Crippen LogP contribution in [0.15, 0.2) is 36.7 Å². The molecule has 1 amide bonds. The van der Waals surface area contributed by atoms with Crippen LogP contribution in [0.5, 0.6) is 0 Å². The number of carbonyl (C=O) groups is 1. The fourth-order valence-corrected chi connectivity index (χ4v) is 3.29. The topological polar surface area (TPSA) is 61.0 Å². The Morgan fingerprint density at radius 2 is 2.17 bits per heavy atom. The first-order chi connectivity index (χ1) is 11.6. The molecule has 0 radical (unpaired) electrons. The van der Waals surface area contributed by atoms with E-state index in [2.05, 4.69) is 44.5 Å². The molecule has 24 heavy (non-hydrogen) atoms. The van der Waals surface area contributed by atoms with Gasteiger partial charge in [-0.15, -0.1) is 0 Å². The predicted molar refractivity (Wildman–Crippen MR) is 94.5 cm³/mol. The van der Waals surface area contributed by atoms with Gasteiger partial charge in [-0.2, -0.15) is 0 Å². The molecule has 0 fully saturated rings. The lowest BCUT2D eigenvalue weighted by Gasteiger charge is -2.34. The van der Waals surface area contributed by atoms with Crippen LogP contribution in [0, 0.1) is 0 Å². The number of hydrogen-bond acceptors (Lipinski definition) is 3. The van der Waals surface area contributed by atoms with Gasteiger partial charge in [0.1, 0.15) is 0 Å². The number of aromatic amines is 1. The summed E-state index contributed by atoms with van der Waals surface area (Å²) in [6, 6.07) is 10.5. The van der Waals surface area contributed by atoms with Gasteiger partial charge >= 0.3 is 0 Å². The van der Waals surface area contributed by atoms with Gasteiger partial charge in [0.2, 0.25) is 5.91 Å². The van der Waals surface area contributed by atoms with Gasteiger partial charge in [0.15, 0.2) is 0 Å². The summed E-state index contributed by atoms with van der Waals surface area (Å²) in [5, 5.41) is 3.05. The van der Waals surface area contributed by atoms with Crippen molar-refractivity contribution >= 4 is 5.91 Å². The van der Waals surface area contributed by atoms with E-state index in [0.29, 0.717) is 6.42 Å². The fourth-order valence-electron chi connectivity index (χ4n) is 3.29. The molecule has 0 saturated heterocycles. The normalized spacial score (nSPS) is 17.7. The molecular weight excluding hydrogens is 300 g/mol. The molecule has 2 N–H and O–H groups in total. The van der Waals surface area contributed by atoms with E-state index in [1.165, 1.54) is 5.56 Å². The van der Waals surface area contributed by atoms with E-state index >= 15 is 0 Å². The third kappa shape index (κ3) is 4.03. The third-order valence-electron chi connectivity index (χ3n) is 4.48. The fraction of sp³-hybridized carbons (Fsp3) is 0.474. The van der Waals surface area contributed by atoms with Crippen molar-refractivity contribution in [1.29, 1.82) is 0 Å². The van der Waals surface area contributed by atoms with Gasteiger partial charge in [-0.25, -0.2) is 4.98 Å². The van der Waals surface area contributed by atoms with Crippen LogP contribution in [0.4, 0.5) is 0 Å². The number of rotatable bonds is 6. The minimum absolute atomic E-state index is 0.110. The van der Waals surface area contributed by atoms with E-state index in [4.69, 9.17) is 0 Å². The molecule has 1 atom stereocenters. The van der Waals surface area contributed by atoms with Crippen LogP contribution in [0.3, 0.4) is 0 Å². The largest absolute Gasteiger partial charge is 0.353 e. The van der Waals surface area contributed by atoms with Crippen LogP contribution in [-0.4, -0.2) is 39.4 Å². The number of imidazole rings is 1. The Morgan fingerprint density at radius 3 is 2.92 bits per heavy atom. The second-order valence-electron chi connectivity index (χ2n) is 6.77. The average molecular weight is 326 g/mol. The van der Waals surface area contributed by atoms with Crippen molar-refractivity contribution in [2.24, 2.45) is 0 Å². The minimum Gasteiger partial charge on any atom is -0.353 e. The van der Waals surface area contributed by atoms with Crippen molar-refractivity contribution in [3.05, 3.63) is 53.6 Å². The molecule has 1 aliphatic rings. The van der Waals surface area contributed by atoms with Crippen molar-refractivity contribution in [3.8, 4) is 0 Å². The van der Waals surface area contributed by atoms with Crippen molar-refractivity contribution < 1.29 is 4.79 Å². The molecule has 0 saturated carbocycles. The average Bonchev–Trinajstić information content (AvgIpc) is 3.01. The predicted octanol–water partition coefficient (Wildman–Crippen LogP) is 2.29. The third-order valence-corrected chi connectivity index (χ3v) is 4.48. The van der Waals surface area contributed by atoms with Crippen LogP contribution in [0.2, 0.25) is 0 Å². The van der Waals surface area contributed by atoms with Gasteiger partial charge in [0.05, 0.1) is 23.8 Å². The number of nitrogens with one attached hydrogen (secondary N) is 2. The van der Waals surface area contributed by atoms with Crippen molar-refractivity contribution in [3.63, 3.8) is 0 Å². The Bertz CT molecular complexity index is 665. The monoisotopic (exact) mass is 326 g/mol. The van der Waals surface area contributed by atoms with Crippen molar-refractivity contribution in [2.45, 2.75) is 51.7 Å². The summed E-state index contributed by atoms with van der Waals surface area (Å²) in [5.74, 6) is 0.110. The number of benzene rings is 1. The zero-order valence-corrected chi connectivity index (χ0v) is 14.5. The van der Waals surface area contributed by atoms with Gasteiger partial charge in [0.25, 0.3) is 0 Å². The Morgan fingerprint density at radius 1 is 1.38 bits per heavy atom. The highest BCUT2D eigenvalue weighted by Crippen LogP contribution is 2.21. The summed E-state index contributed by atoms with van der Waals surface area (Å²) in [4.78, 5) is 22.5. The number of aryl methyl sites for hydroxylation is 1. The van der Waals surface area contributed by atoms with Crippen molar-refractivity contribution in [1.82, 2.24) is 20.2 Å². The van der Waals surface area contributed by atoms with Crippen LogP contribution in [0.25, 0.3) is 0 Å². The molecule has 1 aromatic carbocycles. The highest BCUT2D eigenvalue weighted by atomic mass is 16.2. The Kier molecular flexibility index (Phi) is 5.30. The quantitative estimate of drug-likeness (QED) is 0.856. The van der Waals surface area contributed by atoms with Crippen LogP contribution < -0.4 is 5.32 Å². The molecule has 128 valence electrons. The molecule has 5 nitrogen and oxygen atoms in total. The van der Waals surface area contributed by atoms with E-state index in [1.807, 2.05) is 19.9 Å².